The van der Waals surface area contributed by atoms with Gasteiger partial charge in [0.1, 0.15) is 0 Å². The molecule has 0 radical (unpaired) electrons. The molecule has 1 unspecified atom stereocenters. The second-order valence-electron chi connectivity index (χ2n) is 4.79. The van der Waals surface area contributed by atoms with Gasteiger partial charge in [-0.25, -0.2) is 0 Å². The first-order valence-electron chi connectivity index (χ1n) is 5.92. The van der Waals surface area contributed by atoms with Gasteiger partial charge in [-0.15, -0.1) is 0 Å². The number of ketones is 2. The van der Waals surface area contributed by atoms with E-state index < -0.39 is 21.2 Å². The molecule has 0 bridgehead atoms. The highest BCUT2D eigenvalue weighted by Crippen LogP contribution is 2.34. The number of fused-ring (bicyclic) bond motifs is 2. The summed E-state index contributed by atoms with van der Waals surface area (Å²) in [6.45, 7) is 0. The lowest BCUT2D eigenvalue weighted by molar-refractivity contribution is -0.115. The van der Waals surface area contributed by atoms with Crippen molar-refractivity contribution < 1.29 is 22.6 Å². The number of allylic oxidation sites excluding steroid dienone is 2. The Morgan fingerprint density at radius 1 is 1.00 bits per heavy atom. The molecule has 2 aliphatic rings. The lowest BCUT2D eigenvalue weighted by Gasteiger charge is -2.21. The summed E-state index contributed by atoms with van der Waals surface area (Å²) in [7, 11) is -4.53. The summed E-state index contributed by atoms with van der Waals surface area (Å²) in [5.41, 5.74) is 2.26. The van der Waals surface area contributed by atoms with Crippen molar-refractivity contribution in [3.8, 4) is 0 Å². The molecule has 0 saturated heterocycles. The van der Waals surface area contributed by atoms with Crippen molar-refractivity contribution in [2.24, 2.45) is 0 Å². The second kappa shape index (κ2) is 4.22. The first kappa shape index (κ1) is 13.0. The molecular formula is C14H10O5S. The van der Waals surface area contributed by atoms with Gasteiger partial charge in [0, 0.05) is 6.42 Å². The highest BCUT2D eigenvalue weighted by molar-refractivity contribution is 7.86. The number of hydrogen-bond donors (Lipinski definition) is 1. The maximum absolute atomic E-state index is 11.7. The van der Waals surface area contributed by atoms with Crippen LogP contribution in [0, 0.1) is 0 Å². The summed E-state index contributed by atoms with van der Waals surface area (Å²) >= 11 is 0. The van der Waals surface area contributed by atoms with E-state index in [0.717, 1.165) is 11.6 Å². The Kier molecular flexibility index (Phi) is 2.74. The smallest absolute Gasteiger partial charge is 0.279 e. The predicted octanol–water partition coefficient (Wildman–Crippen LogP) is 1.35. The van der Waals surface area contributed by atoms with E-state index in [1.807, 2.05) is 0 Å². The largest absolute Gasteiger partial charge is 0.294 e. The molecule has 0 saturated carbocycles. The molecule has 3 rings (SSSR count). The molecule has 6 heteroatoms. The van der Waals surface area contributed by atoms with Crippen molar-refractivity contribution in [2.45, 2.75) is 11.7 Å². The van der Waals surface area contributed by atoms with Crippen LogP contribution in [0.4, 0.5) is 0 Å². The van der Waals surface area contributed by atoms with E-state index in [0.29, 0.717) is 11.1 Å². The highest BCUT2D eigenvalue weighted by Gasteiger charge is 2.35. The van der Waals surface area contributed by atoms with Crippen LogP contribution in [0.2, 0.25) is 0 Å². The summed E-state index contributed by atoms with van der Waals surface area (Å²) in [5, 5.41) is -1.60. The van der Waals surface area contributed by atoms with Crippen molar-refractivity contribution >= 4 is 33.8 Å². The SMILES string of the molecule is O=C1C=Cc2cc3c(cc2C1)C(S(=O)(=O)O)C(=O)C=C3. The fourth-order valence-corrected chi connectivity index (χ4v) is 3.42. The minimum atomic E-state index is -4.53. The molecule has 5 nitrogen and oxygen atoms in total. The maximum Gasteiger partial charge on any atom is 0.279 e. The molecule has 0 amide bonds. The number of rotatable bonds is 1. The van der Waals surface area contributed by atoms with Gasteiger partial charge in [0.25, 0.3) is 10.1 Å². The van der Waals surface area contributed by atoms with Crippen molar-refractivity contribution in [1.82, 2.24) is 0 Å². The van der Waals surface area contributed by atoms with Gasteiger partial charge in [0.2, 0.25) is 0 Å². The lowest BCUT2D eigenvalue weighted by Crippen LogP contribution is -2.24. The zero-order valence-corrected chi connectivity index (χ0v) is 11.1. The van der Waals surface area contributed by atoms with Gasteiger partial charge < -0.3 is 0 Å². The molecule has 0 spiro atoms. The molecule has 1 atom stereocenters. The Hall–Kier alpha value is -2.05. The molecule has 1 aromatic carbocycles. The van der Waals surface area contributed by atoms with Crippen LogP contribution < -0.4 is 0 Å². The maximum atomic E-state index is 11.7. The first-order chi connectivity index (χ1) is 9.36. The van der Waals surface area contributed by atoms with E-state index in [-0.39, 0.29) is 17.8 Å². The van der Waals surface area contributed by atoms with Gasteiger partial charge in [-0.1, -0.05) is 18.2 Å². The standard InChI is InChI=1S/C14H10O5S/c15-11-3-1-8-5-9-2-4-13(16)14(20(17,18)19)12(9)7-10(8)6-11/h1-5,7,14H,6H2,(H,17,18,19). The molecule has 20 heavy (non-hydrogen) atoms. The van der Waals surface area contributed by atoms with E-state index in [1.165, 1.54) is 18.2 Å². The van der Waals surface area contributed by atoms with Crippen molar-refractivity contribution in [2.75, 3.05) is 0 Å². The van der Waals surface area contributed by atoms with Crippen LogP contribution in [0.25, 0.3) is 12.2 Å². The van der Waals surface area contributed by atoms with Gasteiger partial charge in [-0.3, -0.25) is 14.1 Å². The summed E-state index contributed by atoms with van der Waals surface area (Å²) in [5.74, 6) is -0.767. The van der Waals surface area contributed by atoms with Gasteiger partial charge >= 0.3 is 0 Å². The van der Waals surface area contributed by atoms with Crippen LogP contribution in [0.15, 0.2) is 24.3 Å². The van der Waals surface area contributed by atoms with Crippen LogP contribution in [0.5, 0.6) is 0 Å². The monoisotopic (exact) mass is 290 g/mol. The minimum Gasteiger partial charge on any atom is -0.294 e. The van der Waals surface area contributed by atoms with E-state index in [2.05, 4.69) is 0 Å². The third-order valence-electron chi connectivity index (χ3n) is 3.42. The Morgan fingerprint density at radius 2 is 1.70 bits per heavy atom. The molecule has 1 N–H and O–H groups in total. The zero-order valence-electron chi connectivity index (χ0n) is 10.2. The number of carbonyl (C=O) groups is 2. The van der Waals surface area contributed by atoms with Crippen LogP contribution in [0.3, 0.4) is 0 Å². The third kappa shape index (κ3) is 2.03. The van der Waals surface area contributed by atoms with Gasteiger partial charge in [-0.2, -0.15) is 8.42 Å². The zero-order chi connectivity index (χ0) is 14.5. The predicted molar refractivity (Wildman–Crippen MR) is 72.5 cm³/mol. The van der Waals surface area contributed by atoms with Gasteiger partial charge in [0.15, 0.2) is 16.8 Å². The van der Waals surface area contributed by atoms with Crippen molar-refractivity contribution in [3.63, 3.8) is 0 Å². The summed E-state index contributed by atoms with van der Waals surface area (Å²) in [4.78, 5) is 23.1. The summed E-state index contributed by atoms with van der Waals surface area (Å²) in [6.07, 6.45) is 5.95. The van der Waals surface area contributed by atoms with Crippen LogP contribution in [0.1, 0.15) is 27.5 Å². The van der Waals surface area contributed by atoms with E-state index >= 15 is 0 Å². The first-order valence-corrected chi connectivity index (χ1v) is 7.42. The van der Waals surface area contributed by atoms with Crippen LogP contribution >= 0.6 is 0 Å². The molecular weight excluding hydrogens is 280 g/mol. The van der Waals surface area contributed by atoms with Crippen LogP contribution in [-0.2, 0) is 26.1 Å². The fraction of sp³-hybridized carbons (Fsp3) is 0.143. The lowest BCUT2D eigenvalue weighted by atomic mass is 9.87. The van der Waals surface area contributed by atoms with E-state index in [4.69, 9.17) is 0 Å². The Labute approximate surface area is 115 Å². The highest BCUT2D eigenvalue weighted by atomic mass is 32.2. The Morgan fingerprint density at radius 3 is 2.40 bits per heavy atom. The van der Waals surface area contributed by atoms with Crippen molar-refractivity contribution in [1.29, 1.82) is 0 Å². The molecule has 0 fully saturated rings. The third-order valence-corrected chi connectivity index (χ3v) is 4.51. The van der Waals surface area contributed by atoms with Gasteiger partial charge in [0.05, 0.1) is 0 Å². The molecule has 0 heterocycles. The minimum absolute atomic E-state index is 0.0847. The topological polar surface area (TPSA) is 88.5 Å². The van der Waals surface area contributed by atoms with Crippen molar-refractivity contribution in [3.05, 3.63) is 46.5 Å². The summed E-state index contributed by atoms with van der Waals surface area (Å²) < 4.78 is 32.1. The van der Waals surface area contributed by atoms with Gasteiger partial charge in [-0.05, 0) is 40.5 Å². The second-order valence-corrected chi connectivity index (χ2v) is 6.29. The normalized spacial score (nSPS) is 20.8. The average Bonchev–Trinajstić information content (AvgIpc) is 2.34. The number of benzene rings is 1. The van der Waals surface area contributed by atoms with E-state index in [1.54, 1.807) is 12.1 Å². The Bertz CT molecular complexity index is 799. The van der Waals surface area contributed by atoms with Crippen LogP contribution in [-0.4, -0.2) is 24.5 Å². The molecule has 1 aromatic rings. The summed E-state index contributed by atoms with van der Waals surface area (Å²) in [6, 6.07) is 3.24. The molecule has 2 aliphatic carbocycles. The fourth-order valence-electron chi connectivity index (χ4n) is 2.53. The Balaban J connectivity index is 2.24. The quantitative estimate of drug-likeness (QED) is 0.789. The number of hydrogen-bond acceptors (Lipinski definition) is 4. The van der Waals surface area contributed by atoms with E-state index in [9.17, 15) is 22.6 Å². The molecule has 102 valence electrons. The molecule has 0 aromatic heterocycles. The molecule has 0 aliphatic heterocycles. The number of carbonyl (C=O) groups excluding carboxylic acids is 2. The average molecular weight is 290 g/mol.